The number of nitro benzene ring substituents is 1. The molecular formula is C17H22N2O6. The number of nitrogens with one attached hydrogen (secondary N) is 1. The number of amides is 1. The molecule has 0 unspecified atom stereocenters. The van der Waals surface area contributed by atoms with Crippen molar-refractivity contribution in [2.45, 2.75) is 38.5 Å². The Morgan fingerprint density at radius 1 is 1.28 bits per heavy atom. The van der Waals surface area contributed by atoms with Crippen molar-refractivity contribution in [3.05, 3.63) is 28.3 Å². The smallest absolute Gasteiger partial charge is 0.306 e. The number of hydrogen-bond donors (Lipinski definition) is 1. The maximum Gasteiger partial charge on any atom is 0.306 e. The number of hydrogen-bond acceptors (Lipinski definition) is 6. The van der Waals surface area contributed by atoms with Crippen LogP contribution in [0.4, 0.5) is 11.4 Å². The van der Waals surface area contributed by atoms with Crippen LogP contribution in [0.3, 0.4) is 0 Å². The van der Waals surface area contributed by atoms with E-state index >= 15 is 0 Å². The highest BCUT2D eigenvalue weighted by molar-refractivity contribution is 5.94. The summed E-state index contributed by atoms with van der Waals surface area (Å²) < 4.78 is 10.1. The SMILES string of the molecule is COc1cc([N+](=O)[O-])ccc1NC(=O)COC(=O)CC1CCCCC1. The largest absolute Gasteiger partial charge is 0.494 e. The van der Waals surface area contributed by atoms with E-state index in [1.807, 2.05) is 0 Å². The molecule has 136 valence electrons. The van der Waals surface area contributed by atoms with Crippen LogP contribution in [0.5, 0.6) is 5.75 Å². The van der Waals surface area contributed by atoms with Crippen molar-refractivity contribution in [2.24, 2.45) is 5.92 Å². The van der Waals surface area contributed by atoms with Crippen molar-refractivity contribution in [2.75, 3.05) is 19.0 Å². The van der Waals surface area contributed by atoms with Crippen LogP contribution in [0.1, 0.15) is 38.5 Å². The lowest BCUT2D eigenvalue weighted by atomic mass is 9.87. The minimum absolute atomic E-state index is 0.145. The lowest BCUT2D eigenvalue weighted by molar-refractivity contribution is -0.384. The normalized spacial score (nSPS) is 14.6. The van der Waals surface area contributed by atoms with Crippen LogP contribution in [-0.4, -0.2) is 30.5 Å². The molecule has 0 saturated heterocycles. The Labute approximate surface area is 145 Å². The number of methoxy groups -OCH3 is 1. The van der Waals surface area contributed by atoms with E-state index in [9.17, 15) is 19.7 Å². The zero-order chi connectivity index (χ0) is 18.2. The number of non-ortho nitro benzene ring substituents is 1. The van der Waals surface area contributed by atoms with Gasteiger partial charge in [-0.25, -0.2) is 0 Å². The van der Waals surface area contributed by atoms with Gasteiger partial charge in [0.1, 0.15) is 5.75 Å². The summed E-state index contributed by atoms with van der Waals surface area (Å²) in [6.45, 7) is -0.397. The molecule has 1 aliphatic carbocycles. The molecule has 0 heterocycles. The van der Waals surface area contributed by atoms with Gasteiger partial charge in [-0.15, -0.1) is 0 Å². The number of benzene rings is 1. The summed E-state index contributed by atoms with van der Waals surface area (Å²) in [7, 11) is 1.35. The zero-order valence-electron chi connectivity index (χ0n) is 14.2. The molecule has 0 radical (unpaired) electrons. The molecule has 0 aromatic heterocycles. The lowest BCUT2D eigenvalue weighted by Crippen LogP contribution is -2.22. The molecule has 1 fully saturated rings. The van der Waals surface area contributed by atoms with E-state index < -0.39 is 17.4 Å². The van der Waals surface area contributed by atoms with Gasteiger partial charge < -0.3 is 14.8 Å². The van der Waals surface area contributed by atoms with E-state index in [-0.39, 0.29) is 23.1 Å². The first kappa shape index (κ1) is 18.7. The predicted molar refractivity (Wildman–Crippen MR) is 90.4 cm³/mol. The van der Waals surface area contributed by atoms with Crippen LogP contribution < -0.4 is 10.1 Å². The third-order valence-corrected chi connectivity index (χ3v) is 4.21. The van der Waals surface area contributed by atoms with Crippen molar-refractivity contribution in [1.82, 2.24) is 0 Å². The average Bonchev–Trinajstić information content (AvgIpc) is 2.61. The summed E-state index contributed by atoms with van der Waals surface area (Å²) >= 11 is 0. The van der Waals surface area contributed by atoms with Gasteiger partial charge in [0, 0.05) is 12.5 Å². The summed E-state index contributed by atoms with van der Waals surface area (Å²) in [6.07, 6.45) is 5.89. The molecule has 8 nitrogen and oxygen atoms in total. The molecule has 0 aliphatic heterocycles. The minimum atomic E-state index is -0.554. The topological polar surface area (TPSA) is 108 Å². The standard InChI is InChI=1S/C17H22N2O6/c1-24-15-10-13(19(22)23)7-8-14(15)18-16(20)11-25-17(21)9-12-5-3-2-4-6-12/h7-8,10,12H,2-6,9,11H2,1H3,(H,18,20). The molecule has 8 heteroatoms. The third-order valence-electron chi connectivity index (χ3n) is 4.21. The fourth-order valence-corrected chi connectivity index (χ4v) is 2.91. The van der Waals surface area contributed by atoms with E-state index in [0.29, 0.717) is 12.3 Å². The maximum atomic E-state index is 11.9. The Bertz CT molecular complexity index is 640. The second-order valence-electron chi connectivity index (χ2n) is 6.06. The molecule has 1 amide bonds. The highest BCUT2D eigenvalue weighted by Crippen LogP contribution is 2.29. The Morgan fingerprint density at radius 2 is 2.00 bits per heavy atom. The molecule has 1 aromatic carbocycles. The summed E-state index contributed by atoms with van der Waals surface area (Å²) in [5.41, 5.74) is 0.134. The van der Waals surface area contributed by atoms with Gasteiger partial charge in [0.25, 0.3) is 11.6 Å². The first-order valence-corrected chi connectivity index (χ1v) is 8.27. The molecular weight excluding hydrogens is 328 g/mol. The Kier molecular flexibility index (Phi) is 6.73. The van der Waals surface area contributed by atoms with E-state index in [2.05, 4.69) is 5.32 Å². The van der Waals surface area contributed by atoms with Crippen LogP contribution in [0.15, 0.2) is 18.2 Å². The molecule has 1 saturated carbocycles. The Balaban J connectivity index is 1.83. The quantitative estimate of drug-likeness (QED) is 0.460. The van der Waals surface area contributed by atoms with Crippen molar-refractivity contribution in [3.8, 4) is 5.75 Å². The number of nitro groups is 1. The first-order valence-electron chi connectivity index (χ1n) is 8.27. The van der Waals surface area contributed by atoms with Gasteiger partial charge in [-0.05, 0) is 24.8 Å². The second-order valence-corrected chi connectivity index (χ2v) is 6.06. The van der Waals surface area contributed by atoms with E-state index in [1.165, 1.54) is 31.7 Å². The molecule has 0 atom stereocenters. The number of carbonyl (C=O) groups excluding carboxylic acids is 2. The van der Waals surface area contributed by atoms with E-state index in [4.69, 9.17) is 9.47 Å². The highest BCUT2D eigenvalue weighted by atomic mass is 16.6. The zero-order valence-corrected chi connectivity index (χ0v) is 14.2. The Morgan fingerprint density at radius 3 is 2.64 bits per heavy atom. The summed E-state index contributed by atoms with van der Waals surface area (Å²) in [4.78, 5) is 33.9. The van der Waals surface area contributed by atoms with Gasteiger partial charge in [0.05, 0.1) is 23.8 Å². The molecule has 25 heavy (non-hydrogen) atoms. The molecule has 1 N–H and O–H groups in total. The molecule has 0 bridgehead atoms. The molecule has 1 aromatic rings. The van der Waals surface area contributed by atoms with Crippen LogP contribution in [0.2, 0.25) is 0 Å². The summed E-state index contributed by atoms with van der Waals surface area (Å²) in [5, 5.41) is 13.3. The predicted octanol–water partition coefficient (Wildman–Crippen LogP) is 3.06. The van der Waals surface area contributed by atoms with E-state index in [0.717, 1.165) is 25.7 Å². The van der Waals surface area contributed by atoms with Gasteiger partial charge in [-0.3, -0.25) is 19.7 Å². The molecule has 0 spiro atoms. The first-order chi connectivity index (χ1) is 12.0. The number of nitrogens with zero attached hydrogens (tertiary/aromatic N) is 1. The van der Waals surface area contributed by atoms with Crippen LogP contribution in [0, 0.1) is 16.0 Å². The molecule has 1 aliphatic rings. The average molecular weight is 350 g/mol. The van der Waals surface area contributed by atoms with Gasteiger partial charge in [0.15, 0.2) is 6.61 Å². The second kappa shape index (κ2) is 9.00. The monoisotopic (exact) mass is 350 g/mol. The van der Waals surface area contributed by atoms with Gasteiger partial charge in [0.2, 0.25) is 0 Å². The van der Waals surface area contributed by atoms with Gasteiger partial charge in [-0.2, -0.15) is 0 Å². The fraction of sp³-hybridized carbons (Fsp3) is 0.529. The Hall–Kier alpha value is -2.64. The third kappa shape index (κ3) is 5.74. The molecule has 2 rings (SSSR count). The van der Waals surface area contributed by atoms with Gasteiger partial charge >= 0.3 is 5.97 Å². The summed E-state index contributed by atoms with van der Waals surface area (Å²) in [5.74, 6) is -0.392. The number of esters is 1. The van der Waals surface area contributed by atoms with Crippen molar-refractivity contribution in [1.29, 1.82) is 0 Å². The van der Waals surface area contributed by atoms with Crippen LogP contribution >= 0.6 is 0 Å². The number of anilines is 1. The van der Waals surface area contributed by atoms with Crippen LogP contribution in [0.25, 0.3) is 0 Å². The van der Waals surface area contributed by atoms with Crippen LogP contribution in [-0.2, 0) is 14.3 Å². The maximum absolute atomic E-state index is 11.9. The summed E-state index contributed by atoms with van der Waals surface area (Å²) in [6, 6.07) is 3.84. The number of ether oxygens (including phenoxy) is 2. The van der Waals surface area contributed by atoms with Crippen molar-refractivity contribution in [3.63, 3.8) is 0 Å². The highest BCUT2D eigenvalue weighted by Gasteiger charge is 2.19. The van der Waals surface area contributed by atoms with E-state index in [1.54, 1.807) is 0 Å². The fourth-order valence-electron chi connectivity index (χ4n) is 2.91. The van der Waals surface area contributed by atoms with Crippen molar-refractivity contribution >= 4 is 23.3 Å². The van der Waals surface area contributed by atoms with Crippen molar-refractivity contribution < 1.29 is 24.0 Å². The lowest BCUT2D eigenvalue weighted by Gasteiger charge is -2.20. The number of rotatable bonds is 7. The minimum Gasteiger partial charge on any atom is -0.494 e. The number of carbonyl (C=O) groups is 2. The van der Waals surface area contributed by atoms with Gasteiger partial charge in [-0.1, -0.05) is 19.3 Å².